The lowest BCUT2D eigenvalue weighted by Gasteiger charge is -2.27. The zero-order valence-electron chi connectivity index (χ0n) is 23.7. The highest BCUT2D eigenvalue weighted by atomic mass is 16.3. The normalized spacial score (nSPS) is 19.0. The summed E-state index contributed by atoms with van der Waals surface area (Å²) in [6.07, 6.45) is 7.69. The van der Waals surface area contributed by atoms with Crippen LogP contribution in [0.5, 0.6) is 0 Å². The summed E-state index contributed by atoms with van der Waals surface area (Å²) < 4.78 is 0. The number of amides is 2. The van der Waals surface area contributed by atoms with Gasteiger partial charge in [-0.05, 0) is 84.9 Å². The van der Waals surface area contributed by atoms with Gasteiger partial charge in [0.15, 0.2) is 0 Å². The summed E-state index contributed by atoms with van der Waals surface area (Å²) in [6, 6.07) is 24.3. The van der Waals surface area contributed by atoms with Gasteiger partial charge >= 0.3 is 0 Å². The van der Waals surface area contributed by atoms with E-state index in [4.69, 9.17) is 0 Å². The first-order valence-electron chi connectivity index (χ1n) is 15.3. The summed E-state index contributed by atoms with van der Waals surface area (Å²) >= 11 is 0. The Morgan fingerprint density at radius 1 is 0.927 bits per heavy atom. The van der Waals surface area contributed by atoms with Crippen molar-refractivity contribution in [2.45, 2.75) is 81.9 Å². The van der Waals surface area contributed by atoms with Gasteiger partial charge in [0.25, 0.3) is 5.91 Å². The molecule has 0 radical (unpaired) electrons. The van der Waals surface area contributed by atoms with Crippen LogP contribution in [-0.4, -0.2) is 48.2 Å². The van der Waals surface area contributed by atoms with Crippen molar-refractivity contribution in [1.82, 2.24) is 10.6 Å². The molecule has 1 saturated carbocycles. The molecule has 0 bridgehead atoms. The molecular weight excluding hydrogens is 510 g/mol. The number of nitrogens with one attached hydrogen (secondary N) is 2. The van der Waals surface area contributed by atoms with Gasteiger partial charge in [0.2, 0.25) is 5.91 Å². The molecule has 1 aliphatic heterocycles. The first-order valence-corrected chi connectivity index (χ1v) is 15.3. The molecule has 3 aliphatic rings. The molecule has 0 unspecified atom stereocenters. The average molecular weight is 552 g/mol. The predicted molar refractivity (Wildman–Crippen MR) is 162 cm³/mol. The van der Waals surface area contributed by atoms with E-state index >= 15 is 0 Å². The molecule has 2 amide bonds. The second-order valence-corrected chi connectivity index (χ2v) is 12.1. The molecular formula is C35H41N3O3. The molecule has 1 heterocycles. The van der Waals surface area contributed by atoms with Crippen LogP contribution in [0.25, 0.3) is 0 Å². The highest BCUT2D eigenvalue weighted by molar-refractivity contribution is 5.99. The quantitative estimate of drug-likeness (QED) is 0.334. The van der Waals surface area contributed by atoms with Crippen LogP contribution < -0.4 is 15.5 Å². The SMILES string of the molecule is O=C(N[C@@H](Cc1ccccc1)[C@H](O)CNC1Cc2ccccc2C1)c1cc(C2CCCC2)cc(N2CCCC2=O)c1. The molecule has 0 spiro atoms. The van der Waals surface area contributed by atoms with Crippen LogP contribution in [0.15, 0.2) is 72.8 Å². The van der Waals surface area contributed by atoms with Gasteiger partial charge in [-0.3, -0.25) is 9.59 Å². The molecule has 6 nitrogen and oxygen atoms in total. The number of benzene rings is 3. The molecule has 3 aromatic carbocycles. The first-order chi connectivity index (χ1) is 20.0. The van der Waals surface area contributed by atoms with E-state index in [1.807, 2.05) is 47.4 Å². The third kappa shape index (κ3) is 6.55. The van der Waals surface area contributed by atoms with Crippen LogP contribution in [-0.2, 0) is 24.1 Å². The molecule has 2 fully saturated rings. The maximum Gasteiger partial charge on any atom is 0.251 e. The van der Waals surface area contributed by atoms with Crippen LogP contribution in [0.1, 0.15) is 77.1 Å². The van der Waals surface area contributed by atoms with Gasteiger partial charge in [0.1, 0.15) is 0 Å². The Balaban J connectivity index is 1.20. The molecule has 6 heteroatoms. The predicted octanol–water partition coefficient (Wildman–Crippen LogP) is 4.93. The minimum Gasteiger partial charge on any atom is -0.390 e. The Kier molecular flexibility index (Phi) is 8.49. The van der Waals surface area contributed by atoms with Gasteiger partial charge in [0, 0.05) is 36.8 Å². The van der Waals surface area contributed by atoms with Crippen LogP contribution in [0, 0.1) is 0 Å². The van der Waals surface area contributed by atoms with E-state index in [2.05, 4.69) is 41.0 Å². The van der Waals surface area contributed by atoms with Crippen molar-refractivity contribution < 1.29 is 14.7 Å². The minimum absolute atomic E-state index is 0.123. The van der Waals surface area contributed by atoms with Gasteiger partial charge < -0.3 is 20.6 Å². The Hall–Kier alpha value is -3.48. The van der Waals surface area contributed by atoms with E-state index in [0.29, 0.717) is 37.4 Å². The Morgan fingerprint density at radius 2 is 1.63 bits per heavy atom. The number of rotatable bonds is 10. The smallest absolute Gasteiger partial charge is 0.251 e. The number of hydrogen-bond acceptors (Lipinski definition) is 4. The fourth-order valence-electron chi connectivity index (χ4n) is 6.87. The molecule has 1 saturated heterocycles. The molecule has 2 aliphatic carbocycles. The van der Waals surface area contributed by atoms with Crippen molar-refractivity contribution in [2.24, 2.45) is 0 Å². The average Bonchev–Trinajstić information content (AvgIpc) is 3.77. The van der Waals surface area contributed by atoms with E-state index in [9.17, 15) is 14.7 Å². The molecule has 3 aromatic rings. The third-order valence-electron chi connectivity index (χ3n) is 9.16. The largest absolute Gasteiger partial charge is 0.390 e. The maximum absolute atomic E-state index is 13.8. The van der Waals surface area contributed by atoms with Gasteiger partial charge in [-0.1, -0.05) is 67.4 Å². The van der Waals surface area contributed by atoms with E-state index in [1.165, 1.54) is 24.0 Å². The lowest BCUT2D eigenvalue weighted by Crippen LogP contribution is -2.50. The fraction of sp³-hybridized carbons (Fsp3) is 0.429. The zero-order valence-corrected chi connectivity index (χ0v) is 23.7. The van der Waals surface area contributed by atoms with Crippen LogP contribution in [0.3, 0.4) is 0 Å². The number of carbonyl (C=O) groups excluding carboxylic acids is 2. The topological polar surface area (TPSA) is 81.7 Å². The number of aliphatic hydroxyl groups excluding tert-OH is 1. The van der Waals surface area contributed by atoms with E-state index in [0.717, 1.165) is 48.9 Å². The minimum atomic E-state index is -0.763. The molecule has 6 rings (SSSR count). The standard InChI is InChI=1S/C35H41N3O3/c39-33(23-36-30-19-26-13-6-7-14-27(26)20-30)32(17-24-9-2-1-3-10-24)37-35(41)29-18-28(25-11-4-5-12-25)21-31(22-29)38-16-8-15-34(38)40/h1-3,6-7,9-10,13-14,18,21-22,25,30,32-33,36,39H,4-5,8,11-12,15-17,19-20,23H2,(H,37,41)/t32-,33+/m0/s1. The van der Waals surface area contributed by atoms with Gasteiger partial charge in [0.05, 0.1) is 12.1 Å². The van der Waals surface area contributed by atoms with Crippen molar-refractivity contribution >= 4 is 17.5 Å². The van der Waals surface area contributed by atoms with Crippen LogP contribution in [0.4, 0.5) is 5.69 Å². The number of aliphatic hydroxyl groups is 1. The lowest BCUT2D eigenvalue weighted by atomic mass is 9.94. The van der Waals surface area contributed by atoms with Crippen molar-refractivity contribution in [3.8, 4) is 0 Å². The van der Waals surface area contributed by atoms with Gasteiger partial charge in [-0.15, -0.1) is 0 Å². The second-order valence-electron chi connectivity index (χ2n) is 12.1. The lowest BCUT2D eigenvalue weighted by molar-refractivity contribution is -0.117. The fourth-order valence-corrected chi connectivity index (χ4v) is 6.87. The van der Waals surface area contributed by atoms with E-state index < -0.39 is 12.1 Å². The summed E-state index contributed by atoms with van der Waals surface area (Å²) in [5.41, 5.74) is 6.32. The number of nitrogens with zero attached hydrogens (tertiary/aromatic N) is 1. The third-order valence-corrected chi connectivity index (χ3v) is 9.16. The highest BCUT2D eigenvalue weighted by Gasteiger charge is 2.28. The summed E-state index contributed by atoms with van der Waals surface area (Å²) in [5, 5.41) is 18.2. The second kappa shape index (κ2) is 12.6. The van der Waals surface area contributed by atoms with Crippen molar-refractivity contribution in [1.29, 1.82) is 0 Å². The summed E-state index contributed by atoms with van der Waals surface area (Å²) in [6.45, 7) is 1.09. The van der Waals surface area contributed by atoms with E-state index in [-0.39, 0.29) is 17.9 Å². The highest BCUT2D eigenvalue weighted by Crippen LogP contribution is 2.37. The maximum atomic E-state index is 13.8. The molecule has 2 atom stereocenters. The van der Waals surface area contributed by atoms with Crippen LogP contribution >= 0.6 is 0 Å². The molecule has 3 N–H and O–H groups in total. The molecule has 214 valence electrons. The first kappa shape index (κ1) is 27.7. The number of fused-ring (bicyclic) bond motifs is 1. The van der Waals surface area contributed by atoms with Gasteiger partial charge in [-0.2, -0.15) is 0 Å². The summed E-state index contributed by atoms with van der Waals surface area (Å²) in [5.74, 6) is 0.341. The van der Waals surface area contributed by atoms with Crippen molar-refractivity contribution in [2.75, 3.05) is 18.0 Å². The monoisotopic (exact) mass is 551 g/mol. The van der Waals surface area contributed by atoms with Gasteiger partial charge in [-0.25, -0.2) is 0 Å². The Morgan fingerprint density at radius 3 is 2.32 bits per heavy atom. The molecule has 0 aromatic heterocycles. The number of carbonyl (C=O) groups is 2. The summed E-state index contributed by atoms with van der Waals surface area (Å²) in [4.78, 5) is 28.3. The molecule has 41 heavy (non-hydrogen) atoms. The Bertz CT molecular complexity index is 1340. The van der Waals surface area contributed by atoms with Crippen molar-refractivity contribution in [3.63, 3.8) is 0 Å². The van der Waals surface area contributed by atoms with Crippen LogP contribution in [0.2, 0.25) is 0 Å². The summed E-state index contributed by atoms with van der Waals surface area (Å²) in [7, 11) is 0. The Labute approximate surface area is 243 Å². The number of anilines is 1. The number of hydrogen-bond donors (Lipinski definition) is 3. The van der Waals surface area contributed by atoms with E-state index in [1.54, 1.807) is 0 Å². The zero-order chi connectivity index (χ0) is 28.2. The van der Waals surface area contributed by atoms with Crippen molar-refractivity contribution in [3.05, 3.63) is 101 Å².